The maximum Gasteiger partial charge on any atom is 0.0767 e. The van der Waals surface area contributed by atoms with E-state index in [1.165, 1.54) is 0 Å². The lowest BCUT2D eigenvalue weighted by Gasteiger charge is -2.06. The monoisotopic (exact) mass is 275 g/mol. The van der Waals surface area contributed by atoms with E-state index in [1.54, 1.807) is 0 Å². The molecular weight excluding hydrogens is 258 g/mol. The molecule has 0 unspecified atom stereocenters. The van der Waals surface area contributed by atoms with E-state index in [-0.39, 0.29) is 0 Å². The van der Waals surface area contributed by atoms with Gasteiger partial charge in [0.05, 0.1) is 29.0 Å². The minimum atomic E-state index is 0.665. The minimum absolute atomic E-state index is 0.665. The summed E-state index contributed by atoms with van der Waals surface area (Å²) < 4.78 is 3.09. The van der Waals surface area contributed by atoms with Crippen molar-refractivity contribution < 1.29 is 4.84 Å². The molecule has 0 bridgehead atoms. The predicted octanol–water partition coefficient (Wildman–Crippen LogP) is 2.27. The first-order valence-electron chi connectivity index (χ1n) is 5.33. The fraction of sp³-hybridized carbons (Fsp3) is 0.700. The van der Waals surface area contributed by atoms with Gasteiger partial charge in [-0.05, 0) is 36.2 Å². The topological polar surface area (TPSA) is 39.1 Å². The van der Waals surface area contributed by atoms with Gasteiger partial charge in [-0.25, -0.2) is 0 Å². The molecule has 0 saturated heterocycles. The Morgan fingerprint density at radius 1 is 1.40 bits per heavy atom. The average Bonchev–Trinajstić information content (AvgIpc) is 2.56. The Hall–Kier alpha value is -0.390. The summed E-state index contributed by atoms with van der Waals surface area (Å²) in [6, 6.07) is 0. The quantitative estimate of drug-likeness (QED) is 0.640. The Morgan fingerprint density at radius 3 is 2.67 bits per heavy atom. The second kappa shape index (κ2) is 6.25. The summed E-state index contributed by atoms with van der Waals surface area (Å²) in [5, 5.41) is 4.50. The molecule has 0 aliphatic rings. The third-order valence-electron chi connectivity index (χ3n) is 2.18. The van der Waals surface area contributed by atoms with Crippen LogP contribution in [0, 0.1) is 0 Å². The fourth-order valence-electron chi connectivity index (χ4n) is 1.41. The molecule has 1 aromatic heterocycles. The van der Waals surface area contributed by atoms with Gasteiger partial charge in [0.25, 0.3) is 0 Å². The molecule has 5 heteroatoms. The van der Waals surface area contributed by atoms with Crippen molar-refractivity contribution in [1.29, 1.82) is 0 Å². The summed E-state index contributed by atoms with van der Waals surface area (Å²) >= 11 is 3.58. The van der Waals surface area contributed by atoms with E-state index < -0.39 is 0 Å². The van der Waals surface area contributed by atoms with Gasteiger partial charge >= 0.3 is 0 Å². The van der Waals surface area contributed by atoms with Crippen molar-refractivity contribution in [3.05, 3.63) is 15.9 Å². The van der Waals surface area contributed by atoms with E-state index in [2.05, 4.69) is 40.4 Å². The number of nitrogens with one attached hydrogen (secondary N) is 1. The van der Waals surface area contributed by atoms with Crippen LogP contribution in [0.15, 0.2) is 4.47 Å². The predicted molar refractivity (Wildman–Crippen MR) is 63.4 cm³/mol. The van der Waals surface area contributed by atoms with Crippen LogP contribution in [0.1, 0.15) is 32.2 Å². The normalized spacial score (nSPS) is 10.9. The fourth-order valence-corrected chi connectivity index (χ4v) is 2.11. The van der Waals surface area contributed by atoms with Gasteiger partial charge in [-0.15, -0.1) is 0 Å². The van der Waals surface area contributed by atoms with Crippen LogP contribution in [0.3, 0.4) is 0 Å². The molecule has 0 spiro atoms. The van der Waals surface area contributed by atoms with Crippen LogP contribution in [-0.4, -0.2) is 16.4 Å². The zero-order valence-electron chi connectivity index (χ0n) is 9.51. The molecule has 0 amide bonds. The highest BCUT2D eigenvalue weighted by Gasteiger charge is 2.12. The minimum Gasteiger partial charge on any atom is -0.302 e. The van der Waals surface area contributed by atoms with E-state index >= 15 is 0 Å². The molecule has 15 heavy (non-hydrogen) atoms. The van der Waals surface area contributed by atoms with Crippen molar-refractivity contribution >= 4 is 15.9 Å². The molecule has 1 N–H and O–H groups in total. The van der Waals surface area contributed by atoms with Crippen molar-refractivity contribution in [3.8, 4) is 0 Å². The number of hydroxylamine groups is 1. The highest BCUT2D eigenvalue weighted by Crippen LogP contribution is 2.22. The summed E-state index contributed by atoms with van der Waals surface area (Å²) in [5.74, 6) is 0. The zero-order chi connectivity index (χ0) is 11.3. The molecule has 1 aromatic rings. The summed E-state index contributed by atoms with van der Waals surface area (Å²) in [6.45, 7) is 8.36. The summed E-state index contributed by atoms with van der Waals surface area (Å²) in [6.07, 6.45) is 0.940. The van der Waals surface area contributed by atoms with E-state index in [0.717, 1.165) is 28.8 Å². The number of halogens is 1. The van der Waals surface area contributed by atoms with Crippen molar-refractivity contribution in [2.75, 3.05) is 6.61 Å². The molecule has 0 radical (unpaired) electrons. The third-order valence-corrected chi connectivity index (χ3v) is 3.10. The Bertz CT molecular complexity index is 312. The van der Waals surface area contributed by atoms with Crippen LogP contribution >= 0.6 is 15.9 Å². The Morgan fingerprint density at radius 2 is 2.13 bits per heavy atom. The number of nitrogens with zero attached hydrogens (tertiary/aromatic N) is 2. The lowest BCUT2D eigenvalue weighted by molar-refractivity contribution is 0.0447. The second-order valence-electron chi connectivity index (χ2n) is 3.13. The van der Waals surface area contributed by atoms with Gasteiger partial charge in [0.15, 0.2) is 0 Å². The smallest absolute Gasteiger partial charge is 0.0767 e. The van der Waals surface area contributed by atoms with E-state index in [9.17, 15) is 0 Å². The zero-order valence-corrected chi connectivity index (χ0v) is 11.1. The highest BCUT2D eigenvalue weighted by atomic mass is 79.9. The van der Waals surface area contributed by atoms with Crippen molar-refractivity contribution in [2.45, 2.75) is 40.3 Å². The molecule has 1 heterocycles. The summed E-state index contributed by atoms with van der Waals surface area (Å²) in [5.41, 5.74) is 5.16. The molecule has 0 saturated carbocycles. The third kappa shape index (κ3) is 3.03. The lowest BCUT2D eigenvalue weighted by atomic mass is 10.3. The molecule has 0 fully saturated rings. The number of aryl methyl sites for hydroxylation is 2. The molecule has 4 nitrogen and oxygen atoms in total. The standard InChI is InChI=1S/C10H18BrN3O/c1-4-8-10(11)9(7-12-15-6-3)14(5-2)13-8/h12H,4-7H2,1-3H3. The first kappa shape index (κ1) is 12.7. The number of hydrogen-bond donors (Lipinski definition) is 1. The number of aromatic nitrogens is 2. The Labute approximate surface area is 99.1 Å². The number of hydrogen-bond acceptors (Lipinski definition) is 3. The van der Waals surface area contributed by atoms with Gasteiger partial charge in [-0.1, -0.05) is 6.92 Å². The van der Waals surface area contributed by atoms with Crippen LogP contribution in [0.4, 0.5) is 0 Å². The largest absolute Gasteiger partial charge is 0.302 e. The molecule has 1 rings (SSSR count). The van der Waals surface area contributed by atoms with Crippen LogP contribution in [0.5, 0.6) is 0 Å². The molecule has 0 aromatic carbocycles. The maximum atomic E-state index is 5.12. The molecule has 86 valence electrons. The van der Waals surface area contributed by atoms with Gasteiger partial charge in [-0.3, -0.25) is 4.68 Å². The van der Waals surface area contributed by atoms with Crippen molar-refractivity contribution in [2.24, 2.45) is 0 Å². The van der Waals surface area contributed by atoms with Crippen LogP contribution in [-0.2, 0) is 24.3 Å². The molecule has 0 atom stereocenters. The second-order valence-corrected chi connectivity index (χ2v) is 3.92. The maximum absolute atomic E-state index is 5.12. The van der Waals surface area contributed by atoms with Crippen molar-refractivity contribution in [1.82, 2.24) is 15.3 Å². The van der Waals surface area contributed by atoms with Gasteiger partial charge in [-0.2, -0.15) is 10.6 Å². The van der Waals surface area contributed by atoms with Crippen molar-refractivity contribution in [3.63, 3.8) is 0 Å². The highest BCUT2D eigenvalue weighted by molar-refractivity contribution is 9.10. The molecular formula is C10H18BrN3O. The van der Waals surface area contributed by atoms with Gasteiger partial charge < -0.3 is 4.84 Å². The van der Waals surface area contributed by atoms with E-state index in [1.807, 2.05) is 11.6 Å². The average molecular weight is 276 g/mol. The van der Waals surface area contributed by atoms with Gasteiger partial charge in [0.2, 0.25) is 0 Å². The summed E-state index contributed by atoms with van der Waals surface area (Å²) in [4.78, 5) is 5.12. The summed E-state index contributed by atoms with van der Waals surface area (Å²) in [7, 11) is 0. The molecule has 0 aliphatic carbocycles. The van der Waals surface area contributed by atoms with E-state index in [4.69, 9.17) is 4.84 Å². The van der Waals surface area contributed by atoms with Gasteiger partial charge in [0, 0.05) is 6.54 Å². The first-order valence-corrected chi connectivity index (χ1v) is 6.12. The van der Waals surface area contributed by atoms with Crippen LogP contribution in [0.25, 0.3) is 0 Å². The van der Waals surface area contributed by atoms with E-state index in [0.29, 0.717) is 13.2 Å². The lowest BCUT2D eigenvalue weighted by Crippen LogP contribution is -2.17. The Kier molecular flexibility index (Phi) is 5.28. The Balaban J connectivity index is 2.78. The number of rotatable bonds is 6. The SMILES string of the molecule is CCONCc1c(Br)c(CC)nn1CC. The van der Waals surface area contributed by atoms with Crippen LogP contribution in [0.2, 0.25) is 0 Å². The first-order chi connectivity index (χ1) is 7.24. The van der Waals surface area contributed by atoms with Gasteiger partial charge in [0.1, 0.15) is 0 Å². The van der Waals surface area contributed by atoms with Crippen LogP contribution < -0.4 is 5.48 Å². The molecule has 0 aliphatic heterocycles.